The molecule has 8 rings (SSSR count). The zero-order chi connectivity index (χ0) is 39.3. The van der Waals surface area contributed by atoms with Crippen molar-refractivity contribution in [1.82, 2.24) is 15.0 Å². The Hall–Kier alpha value is -5.40. The molecular formula is C43H42F3N3O7. The second kappa shape index (κ2) is 14.9. The van der Waals surface area contributed by atoms with Gasteiger partial charge in [0.15, 0.2) is 17.3 Å². The lowest BCUT2D eigenvalue weighted by molar-refractivity contribution is -0.275. The maximum absolute atomic E-state index is 14.8. The molecule has 0 amide bonds. The molecule has 0 radical (unpaired) electrons. The molecule has 3 aromatic carbocycles. The quantitative estimate of drug-likeness (QED) is 0.118. The summed E-state index contributed by atoms with van der Waals surface area (Å²) in [6.07, 6.45) is -1.91. The second-order valence-corrected chi connectivity index (χ2v) is 15.1. The van der Waals surface area contributed by atoms with Crippen LogP contribution in [0, 0.1) is 17.8 Å². The summed E-state index contributed by atoms with van der Waals surface area (Å²) in [6, 6.07) is 19.0. The largest absolute Gasteiger partial charge is 0.573 e. The highest BCUT2D eigenvalue weighted by Crippen LogP contribution is 2.57. The highest BCUT2D eigenvalue weighted by Gasteiger charge is 2.57. The Morgan fingerprint density at radius 3 is 2.32 bits per heavy atom. The molecular weight excluding hydrogens is 727 g/mol. The SMILES string of the molecule is C=CCN1CCCC1c1cc(OCc2ccccc2)c2c(c1OC(F)(F)F)C[C@H]1C[C@@H]3C(C(=O)C1=C2O)C(=O)c1c(OCc2ccccc2)noc1[C@H]3N(C)C. The Kier molecular flexibility index (Phi) is 10.00. The first-order valence-corrected chi connectivity index (χ1v) is 18.8. The number of halogens is 3. The number of hydrogen-bond donors (Lipinski definition) is 1. The summed E-state index contributed by atoms with van der Waals surface area (Å²) < 4.78 is 66.2. The van der Waals surface area contributed by atoms with Crippen LogP contribution in [0.25, 0.3) is 5.76 Å². The van der Waals surface area contributed by atoms with Crippen molar-refractivity contribution in [3.05, 3.63) is 124 Å². The number of ketones is 2. The zero-order valence-electron chi connectivity index (χ0n) is 31.1. The summed E-state index contributed by atoms with van der Waals surface area (Å²) in [6.45, 7) is 5.10. The monoisotopic (exact) mass is 769 g/mol. The topological polar surface area (TPSA) is 115 Å². The molecule has 10 nitrogen and oxygen atoms in total. The molecule has 2 unspecified atom stereocenters. The van der Waals surface area contributed by atoms with Crippen molar-refractivity contribution in [2.45, 2.75) is 57.3 Å². The third-order valence-electron chi connectivity index (χ3n) is 11.5. The number of benzene rings is 3. The van der Waals surface area contributed by atoms with Crippen LogP contribution in [-0.4, -0.2) is 65.2 Å². The number of carbonyl (C=O) groups excluding carboxylic acids is 2. The van der Waals surface area contributed by atoms with Crippen molar-refractivity contribution in [1.29, 1.82) is 0 Å². The van der Waals surface area contributed by atoms with E-state index >= 15 is 0 Å². The number of allylic oxidation sites excluding steroid dienone is 1. The van der Waals surface area contributed by atoms with E-state index in [2.05, 4.69) is 11.7 Å². The van der Waals surface area contributed by atoms with E-state index in [0.29, 0.717) is 19.5 Å². The van der Waals surface area contributed by atoms with E-state index in [1.54, 1.807) is 20.2 Å². The van der Waals surface area contributed by atoms with Crippen LogP contribution in [0.1, 0.15) is 75.3 Å². The molecule has 1 aliphatic heterocycles. The summed E-state index contributed by atoms with van der Waals surface area (Å²) in [5.41, 5.74) is 2.04. The van der Waals surface area contributed by atoms with E-state index in [-0.39, 0.29) is 71.3 Å². The number of rotatable bonds is 11. The first kappa shape index (κ1) is 37.5. The van der Waals surface area contributed by atoms with Gasteiger partial charge in [-0.2, -0.15) is 0 Å². The van der Waals surface area contributed by atoms with Gasteiger partial charge in [0.2, 0.25) is 0 Å². The fraction of sp³-hybridized carbons (Fsp3) is 0.372. The molecule has 1 saturated heterocycles. The van der Waals surface area contributed by atoms with Crippen LogP contribution in [0.5, 0.6) is 17.4 Å². The predicted octanol–water partition coefficient (Wildman–Crippen LogP) is 8.20. The van der Waals surface area contributed by atoms with E-state index in [1.165, 1.54) is 6.07 Å². The molecule has 1 N–H and O–H groups in total. The molecule has 292 valence electrons. The minimum absolute atomic E-state index is 0.0133. The minimum atomic E-state index is -5.06. The lowest BCUT2D eigenvalue weighted by atomic mass is 9.59. The number of nitrogens with zero attached hydrogens (tertiary/aromatic N) is 3. The Bertz CT molecular complexity index is 2180. The minimum Gasteiger partial charge on any atom is -0.507 e. The van der Waals surface area contributed by atoms with Crippen molar-refractivity contribution < 1.29 is 46.6 Å². The van der Waals surface area contributed by atoms with Gasteiger partial charge in [-0.25, -0.2) is 0 Å². The zero-order valence-corrected chi connectivity index (χ0v) is 31.1. The number of alkyl halides is 3. The van der Waals surface area contributed by atoms with Crippen LogP contribution in [0.3, 0.4) is 0 Å². The summed E-state index contributed by atoms with van der Waals surface area (Å²) in [7, 11) is 3.60. The van der Waals surface area contributed by atoms with Crippen molar-refractivity contribution in [3.8, 4) is 17.4 Å². The van der Waals surface area contributed by atoms with Crippen LogP contribution in [0.2, 0.25) is 0 Å². The normalized spacial score (nSPS) is 23.4. The van der Waals surface area contributed by atoms with Crippen molar-refractivity contribution in [2.75, 3.05) is 27.2 Å². The van der Waals surface area contributed by atoms with E-state index in [1.807, 2.05) is 70.5 Å². The molecule has 3 aliphatic carbocycles. The van der Waals surface area contributed by atoms with Gasteiger partial charge in [0.1, 0.15) is 36.0 Å². The summed E-state index contributed by atoms with van der Waals surface area (Å²) in [5, 5.41) is 16.4. The molecule has 1 aromatic heterocycles. The van der Waals surface area contributed by atoms with Crippen LogP contribution in [0.15, 0.2) is 89.5 Å². The average Bonchev–Trinajstić information content (AvgIpc) is 3.81. The maximum Gasteiger partial charge on any atom is 0.573 e. The molecule has 0 bridgehead atoms. The number of aliphatic hydroxyl groups is 1. The third-order valence-corrected chi connectivity index (χ3v) is 11.5. The average molecular weight is 770 g/mol. The molecule has 2 heterocycles. The number of carbonyl (C=O) groups is 2. The van der Waals surface area contributed by atoms with E-state index in [9.17, 15) is 27.9 Å². The van der Waals surface area contributed by atoms with Gasteiger partial charge in [-0.1, -0.05) is 66.7 Å². The summed E-state index contributed by atoms with van der Waals surface area (Å²) in [5.74, 6) is -4.32. The molecule has 1 saturated carbocycles. The van der Waals surface area contributed by atoms with Crippen LogP contribution < -0.4 is 14.2 Å². The summed E-state index contributed by atoms with van der Waals surface area (Å²) in [4.78, 5) is 33.1. The van der Waals surface area contributed by atoms with Crippen LogP contribution in [0.4, 0.5) is 13.2 Å². The standard InChI is InChI=1S/C43H42F3N3O7/c1-4-17-49-18-11-16-30(49)27-21-31(53-22-24-12-7-5-8-13-24)33-29(40(27)55-43(44,45)46)20-26-19-28-34(38(51)32(26)37(33)50)39(52)35-41(36(28)48(2)3)56-47-42(35)54-23-25-14-9-6-10-15-25/h4-10,12-15,21,26,28,30,34,36,50H,1,11,16-20,22-23H2,2-3H3/t26-,28-,30?,34?,36+/m1/s1. The van der Waals surface area contributed by atoms with E-state index < -0.39 is 59.3 Å². The van der Waals surface area contributed by atoms with Gasteiger partial charge in [-0.3, -0.25) is 19.4 Å². The van der Waals surface area contributed by atoms with Crippen molar-refractivity contribution in [2.24, 2.45) is 17.8 Å². The maximum atomic E-state index is 14.8. The van der Waals surface area contributed by atoms with Gasteiger partial charge in [0.05, 0.1) is 17.5 Å². The van der Waals surface area contributed by atoms with Gasteiger partial charge in [-0.15, -0.1) is 19.8 Å². The van der Waals surface area contributed by atoms with E-state index in [4.69, 9.17) is 18.7 Å². The highest BCUT2D eigenvalue weighted by atomic mass is 19.4. The lowest BCUT2D eigenvalue weighted by Gasteiger charge is -2.45. The first-order chi connectivity index (χ1) is 26.9. The third kappa shape index (κ3) is 6.76. The van der Waals surface area contributed by atoms with Crippen molar-refractivity contribution in [3.63, 3.8) is 0 Å². The van der Waals surface area contributed by atoms with Gasteiger partial charge in [0, 0.05) is 29.3 Å². The summed E-state index contributed by atoms with van der Waals surface area (Å²) >= 11 is 0. The molecule has 0 spiro atoms. The fourth-order valence-corrected chi connectivity index (χ4v) is 9.22. The van der Waals surface area contributed by atoms with Gasteiger partial charge < -0.3 is 23.8 Å². The fourth-order valence-electron chi connectivity index (χ4n) is 9.22. The smallest absolute Gasteiger partial charge is 0.507 e. The first-order valence-electron chi connectivity index (χ1n) is 18.8. The molecule has 4 aliphatic rings. The van der Waals surface area contributed by atoms with Gasteiger partial charge in [0.25, 0.3) is 5.88 Å². The molecule has 2 fully saturated rings. The molecule has 13 heteroatoms. The van der Waals surface area contributed by atoms with Crippen LogP contribution >= 0.6 is 0 Å². The van der Waals surface area contributed by atoms with Crippen LogP contribution in [-0.2, 0) is 24.4 Å². The number of ether oxygens (including phenoxy) is 3. The Labute approximate surface area is 322 Å². The van der Waals surface area contributed by atoms with E-state index in [0.717, 1.165) is 17.5 Å². The highest BCUT2D eigenvalue weighted by molar-refractivity contribution is 6.20. The molecule has 5 atom stereocenters. The number of Topliss-reactive ketones (excluding diaryl/α,β-unsaturated/α-hetero) is 2. The number of aromatic nitrogens is 1. The lowest BCUT2D eigenvalue weighted by Crippen LogP contribution is -2.49. The second-order valence-electron chi connectivity index (χ2n) is 15.1. The Morgan fingerprint density at radius 1 is 1.00 bits per heavy atom. The van der Waals surface area contributed by atoms with Gasteiger partial charge in [-0.05, 0) is 80.5 Å². The van der Waals surface area contributed by atoms with Crippen molar-refractivity contribution >= 4 is 17.3 Å². The van der Waals surface area contributed by atoms with Gasteiger partial charge >= 0.3 is 6.36 Å². The predicted molar refractivity (Wildman–Crippen MR) is 199 cm³/mol. The Morgan fingerprint density at radius 2 is 1.68 bits per heavy atom. The Balaban J connectivity index is 1.25. The number of fused-ring (bicyclic) bond motifs is 4. The molecule has 4 aromatic rings. The number of aliphatic hydroxyl groups excluding tert-OH is 1. The number of likely N-dealkylation sites (tertiary alicyclic amines) is 1. The molecule has 56 heavy (non-hydrogen) atoms. The number of hydrogen-bond acceptors (Lipinski definition) is 10.